The van der Waals surface area contributed by atoms with Crippen LogP contribution in [0.2, 0.25) is 10.3 Å². The molecule has 138 valence electrons. The highest BCUT2D eigenvalue weighted by molar-refractivity contribution is 6.33. The Morgan fingerprint density at radius 3 is 2.35 bits per heavy atom. The molecule has 1 fully saturated rings. The predicted octanol–water partition coefficient (Wildman–Crippen LogP) is 4.09. The molecule has 26 heavy (non-hydrogen) atoms. The number of halogens is 2. The molecule has 0 saturated carbocycles. The van der Waals surface area contributed by atoms with E-state index in [0.717, 1.165) is 44.0 Å². The molecule has 1 aromatic heterocycles. The van der Waals surface area contributed by atoms with Gasteiger partial charge in [-0.1, -0.05) is 30.1 Å². The van der Waals surface area contributed by atoms with Crippen molar-refractivity contribution in [3.05, 3.63) is 51.8 Å². The minimum Gasteiger partial charge on any atom is -0.369 e. The molecule has 1 saturated heterocycles. The van der Waals surface area contributed by atoms with Gasteiger partial charge in [0.15, 0.2) is 0 Å². The van der Waals surface area contributed by atoms with E-state index >= 15 is 0 Å². The SMILES string of the molecule is CCN1CCN(c2ccc(NC(=O)c3cc(Cl)nc(Cl)c3)c(C)c2)CC1. The number of aryl methyl sites for hydroxylation is 1. The van der Waals surface area contributed by atoms with Gasteiger partial charge in [0.25, 0.3) is 5.91 Å². The molecule has 0 radical (unpaired) electrons. The van der Waals surface area contributed by atoms with Crippen LogP contribution >= 0.6 is 23.2 Å². The second-order valence-electron chi connectivity index (χ2n) is 6.38. The van der Waals surface area contributed by atoms with Crippen molar-refractivity contribution >= 4 is 40.5 Å². The lowest BCUT2D eigenvalue weighted by Gasteiger charge is -2.35. The Labute approximate surface area is 163 Å². The van der Waals surface area contributed by atoms with Gasteiger partial charge in [-0.3, -0.25) is 4.79 Å². The predicted molar refractivity (Wildman–Crippen MR) is 108 cm³/mol. The summed E-state index contributed by atoms with van der Waals surface area (Å²) in [5.41, 5.74) is 3.36. The van der Waals surface area contributed by atoms with Crippen LogP contribution in [0.25, 0.3) is 0 Å². The fourth-order valence-corrected chi connectivity index (χ4v) is 3.56. The smallest absolute Gasteiger partial charge is 0.255 e. The van der Waals surface area contributed by atoms with Gasteiger partial charge in [0.05, 0.1) is 0 Å². The first-order valence-electron chi connectivity index (χ1n) is 8.68. The van der Waals surface area contributed by atoms with Crippen LogP contribution in [0.1, 0.15) is 22.8 Å². The van der Waals surface area contributed by atoms with Crippen LogP contribution in [0.5, 0.6) is 0 Å². The van der Waals surface area contributed by atoms with E-state index in [1.807, 2.05) is 13.0 Å². The van der Waals surface area contributed by atoms with E-state index in [4.69, 9.17) is 23.2 Å². The molecule has 0 spiro atoms. The number of carbonyl (C=O) groups is 1. The number of benzene rings is 1. The van der Waals surface area contributed by atoms with E-state index in [9.17, 15) is 4.79 Å². The molecule has 0 aliphatic carbocycles. The summed E-state index contributed by atoms with van der Waals surface area (Å²) in [6.07, 6.45) is 0. The zero-order valence-corrected chi connectivity index (χ0v) is 16.4. The molecule has 1 N–H and O–H groups in total. The van der Waals surface area contributed by atoms with Crippen molar-refractivity contribution in [1.29, 1.82) is 0 Å². The third kappa shape index (κ3) is 4.47. The monoisotopic (exact) mass is 392 g/mol. The maximum Gasteiger partial charge on any atom is 0.255 e. The number of aromatic nitrogens is 1. The highest BCUT2D eigenvalue weighted by atomic mass is 35.5. The molecular formula is C19H22Cl2N4O. The van der Waals surface area contributed by atoms with Gasteiger partial charge < -0.3 is 15.1 Å². The number of piperazine rings is 1. The standard InChI is InChI=1S/C19H22Cl2N4O/c1-3-24-6-8-25(9-7-24)15-4-5-16(13(2)10-15)22-19(26)14-11-17(20)23-18(21)12-14/h4-5,10-12H,3,6-9H2,1-2H3,(H,22,26). The Morgan fingerprint density at radius 2 is 1.77 bits per heavy atom. The summed E-state index contributed by atoms with van der Waals surface area (Å²) in [6, 6.07) is 9.11. The van der Waals surface area contributed by atoms with Crippen LogP contribution in [-0.4, -0.2) is 48.5 Å². The first-order chi connectivity index (χ1) is 12.5. The molecule has 7 heteroatoms. The molecule has 2 heterocycles. The number of anilines is 2. The topological polar surface area (TPSA) is 48.5 Å². The molecule has 1 aliphatic rings. The van der Waals surface area contributed by atoms with Gasteiger partial charge in [-0.05, 0) is 49.4 Å². The summed E-state index contributed by atoms with van der Waals surface area (Å²) in [4.78, 5) is 21.1. The van der Waals surface area contributed by atoms with Gasteiger partial charge in [-0.25, -0.2) is 4.98 Å². The van der Waals surface area contributed by atoms with Gasteiger partial charge >= 0.3 is 0 Å². The molecule has 1 aliphatic heterocycles. The third-order valence-corrected chi connectivity index (χ3v) is 5.06. The number of likely N-dealkylation sites (N-methyl/N-ethyl adjacent to an activating group) is 1. The zero-order chi connectivity index (χ0) is 18.7. The first-order valence-corrected chi connectivity index (χ1v) is 9.44. The molecule has 2 aromatic rings. The largest absolute Gasteiger partial charge is 0.369 e. The molecule has 1 amide bonds. The lowest BCUT2D eigenvalue weighted by atomic mass is 10.1. The van der Waals surface area contributed by atoms with Crippen molar-refractivity contribution in [2.24, 2.45) is 0 Å². The van der Waals surface area contributed by atoms with Gasteiger partial charge in [0.2, 0.25) is 0 Å². The third-order valence-electron chi connectivity index (χ3n) is 4.67. The van der Waals surface area contributed by atoms with Gasteiger partial charge in [0, 0.05) is 43.1 Å². The molecule has 0 unspecified atom stereocenters. The summed E-state index contributed by atoms with van der Waals surface area (Å²) < 4.78 is 0. The summed E-state index contributed by atoms with van der Waals surface area (Å²) in [6.45, 7) is 9.49. The lowest BCUT2D eigenvalue weighted by molar-refractivity contribution is 0.102. The van der Waals surface area contributed by atoms with Crippen LogP contribution in [-0.2, 0) is 0 Å². The normalized spacial score (nSPS) is 15.2. The summed E-state index contributed by atoms with van der Waals surface area (Å²) in [5.74, 6) is -0.261. The minimum absolute atomic E-state index is 0.195. The maximum atomic E-state index is 12.5. The van der Waals surface area contributed by atoms with Crippen LogP contribution < -0.4 is 10.2 Å². The summed E-state index contributed by atoms with van der Waals surface area (Å²) in [5, 5.41) is 3.31. The first kappa shape index (κ1) is 19.0. The minimum atomic E-state index is -0.261. The molecule has 5 nitrogen and oxygen atoms in total. The average Bonchev–Trinajstić information content (AvgIpc) is 2.62. The lowest BCUT2D eigenvalue weighted by Crippen LogP contribution is -2.46. The number of nitrogens with one attached hydrogen (secondary N) is 1. The number of rotatable bonds is 4. The Balaban J connectivity index is 1.71. The van der Waals surface area contributed by atoms with Crippen LogP contribution in [0, 0.1) is 6.92 Å². The number of hydrogen-bond donors (Lipinski definition) is 1. The van der Waals surface area contributed by atoms with E-state index in [1.54, 1.807) is 0 Å². The highest BCUT2D eigenvalue weighted by Gasteiger charge is 2.17. The average molecular weight is 393 g/mol. The summed E-state index contributed by atoms with van der Waals surface area (Å²) >= 11 is 11.7. The van der Waals surface area contributed by atoms with Gasteiger partial charge in [-0.15, -0.1) is 0 Å². The summed E-state index contributed by atoms with van der Waals surface area (Å²) in [7, 11) is 0. The van der Waals surface area contributed by atoms with Gasteiger partial charge in [0.1, 0.15) is 10.3 Å². The highest BCUT2D eigenvalue weighted by Crippen LogP contribution is 2.25. The van der Waals surface area contributed by atoms with Crippen molar-refractivity contribution in [2.45, 2.75) is 13.8 Å². The van der Waals surface area contributed by atoms with Crippen molar-refractivity contribution in [2.75, 3.05) is 42.9 Å². The van der Waals surface area contributed by atoms with Gasteiger partial charge in [-0.2, -0.15) is 0 Å². The Hall–Kier alpha value is -1.82. The number of nitrogens with zero attached hydrogens (tertiary/aromatic N) is 3. The van der Waals surface area contributed by atoms with E-state index in [1.165, 1.54) is 17.8 Å². The maximum absolute atomic E-state index is 12.5. The second kappa shape index (κ2) is 8.25. The fourth-order valence-electron chi connectivity index (χ4n) is 3.10. The van der Waals surface area contributed by atoms with Crippen molar-refractivity contribution in [3.63, 3.8) is 0 Å². The van der Waals surface area contributed by atoms with Crippen LogP contribution in [0.4, 0.5) is 11.4 Å². The fraction of sp³-hybridized carbons (Fsp3) is 0.368. The molecular weight excluding hydrogens is 371 g/mol. The van der Waals surface area contributed by atoms with E-state index in [0.29, 0.717) is 5.56 Å². The van der Waals surface area contributed by atoms with E-state index in [-0.39, 0.29) is 16.2 Å². The van der Waals surface area contributed by atoms with Crippen molar-refractivity contribution in [1.82, 2.24) is 9.88 Å². The Morgan fingerprint density at radius 1 is 1.12 bits per heavy atom. The Kier molecular flexibility index (Phi) is 6.01. The van der Waals surface area contributed by atoms with Crippen molar-refractivity contribution in [3.8, 4) is 0 Å². The Bertz CT molecular complexity index is 784. The second-order valence-corrected chi connectivity index (χ2v) is 7.15. The molecule has 0 bridgehead atoms. The van der Waals surface area contributed by atoms with E-state index in [2.05, 4.69) is 39.2 Å². The van der Waals surface area contributed by atoms with Crippen molar-refractivity contribution < 1.29 is 4.79 Å². The number of pyridine rings is 1. The number of amides is 1. The molecule has 3 rings (SSSR count). The quantitative estimate of drug-likeness (QED) is 0.795. The van der Waals surface area contributed by atoms with E-state index < -0.39 is 0 Å². The van der Waals surface area contributed by atoms with Crippen LogP contribution in [0.15, 0.2) is 30.3 Å². The molecule has 1 aromatic carbocycles. The zero-order valence-electron chi connectivity index (χ0n) is 14.9. The number of carbonyl (C=O) groups excluding carboxylic acids is 1. The van der Waals surface area contributed by atoms with Crippen LogP contribution in [0.3, 0.4) is 0 Å². The molecule has 0 atom stereocenters. The number of hydrogen-bond acceptors (Lipinski definition) is 4.